The first-order valence-electron chi connectivity index (χ1n) is 4.16. The van der Waals surface area contributed by atoms with Crippen molar-refractivity contribution < 1.29 is 19.1 Å². The molecule has 0 aliphatic carbocycles. The molecule has 0 N–H and O–H groups in total. The summed E-state index contributed by atoms with van der Waals surface area (Å²) in [6.45, 7) is 2.39. The second kappa shape index (κ2) is 4.81. The largest absolute Gasteiger partial charge is 0.469 e. The zero-order valence-corrected chi connectivity index (χ0v) is 7.73. The van der Waals surface area contributed by atoms with Crippen molar-refractivity contribution in [1.82, 2.24) is 0 Å². The van der Waals surface area contributed by atoms with Gasteiger partial charge in [0.2, 0.25) is 6.29 Å². The predicted molar refractivity (Wildman–Crippen MR) is 45.1 cm³/mol. The number of rotatable bonds is 3. The Morgan fingerprint density at radius 2 is 2.54 bits per heavy atom. The number of ether oxygens (including phenoxy) is 2. The van der Waals surface area contributed by atoms with Crippen LogP contribution in [0.3, 0.4) is 0 Å². The van der Waals surface area contributed by atoms with Crippen molar-refractivity contribution in [3.63, 3.8) is 0 Å². The highest BCUT2D eigenvalue weighted by molar-refractivity contribution is 5.89. The minimum absolute atomic E-state index is 0.309. The Balaban J connectivity index is 2.46. The van der Waals surface area contributed by atoms with Crippen molar-refractivity contribution in [2.24, 2.45) is 11.1 Å². The van der Waals surface area contributed by atoms with E-state index in [0.717, 1.165) is 0 Å². The van der Waals surface area contributed by atoms with E-state index < -0.39 is 6.29 Å². The highest BCUT2D eigenvalue weighted by Gasteiger charge is 2.27. The molecule has 5 heteroatoms. The van der Waals surface area contributed by atoms with Gasteiger partial charge < -0.3 is 14.3 Å². The van der Waals surface area contributed by atoms with Gasteiger partial charge >= 0.3 is 5.97 Å². The van der Waals surface area contributed by atoms with Crippen LogP contribution < -0.4 is 0 Å². The van der Waals surface area contributed by atoms with Gasteiger partial charge in [-0.05, 0) is 6.92 Å². The number of methoxy groups -OCH3 is 1. The van der Waals surface area contributed by atoms with Crippen LogP contribution in [0.2, 0.25) is 0 Å². The summed E-state index contributed by atoms with van der Waals surface area (Å²) in [4.78, 5) is 16.0. The van der Waals surface area contributed by atoms with Crippen LogP contribution in [-0.4, -0.2) is 32.2 Å². The summed E-state index contributed by atoms with van der Waals surface area (Å²) in [5, 5.41) is 3.58. The van der Waals surface area contributed by atoms with E-state index in [2.05, 4.69) is 9.89 Å². The van der Waals surface area contributed by atoms with Gasteiger partial charge in [0.15, 0.2) is 0 Å². The van der Waals surface area contributed by atoms with Crippen molar-refractivity contribution in [3.8, 4) is 0 Å². The second-order valence-corrected chi connectivity index (χ2v) is 2.61. The maximum Gasteiger partial charge on any atom is 0.314 e. The molecule has 0 unspecified atom stereocenters. The van der Waals surface area contributed by atoms with Crippen LogP contribution in [-0.2, 0) is 19.1 Å². The third-order valence-corrected chi connectivity index (χ3v) is 1.72. The zero-order chi connectivity index (χ0) is 9.68. The van der Waals surface area contributed by atoms with Gasteiger partial charge in [0.25, 0.3) is 0 Å². The molecule has 0 aromatic rings. The Morgan fingerprint density at radius 1 is 1.77 bits per heavy atom. The molecule has 0 amide bonds. The van der Waals surface area contributed by atoms with E-state index in [9.17, 15) is 4.79 Å². The Hall–Kier alpha value is -1.10. The van der Waals surface area contributed by atoms with Crippen molar-refractivity contribution in [2.75, 3.05) is 13.7 Å². The van der Waals surface area contributed by atoms with E-state index in [1.54, 1.807) is 0 Å². The maximum atomic E-state index is 11.1. The van der Waals surface area contributed by atoms with Crippen LogP contribution in [0, 0.1) is 5.92 Å². The summed E-state index contributed by atoms with van der Waals surface area (Å²) >= 11 is 0. The molecular formula is C8H13NO4. The van der Waals surface area contributed by atoms with Gasteiger partial charge in [-0.2, -0.15) is 0 Å². The van der Waals surface area contributed by atoms with Crippen LogP contribution >= 0.6 is 0 Å². The van der Waals surface area contributed by atoms with Gasteiger partial charge in [-0.1, -0.05) is 5.16 Å². The number of carbonyl (C=O) groups is 1. The molecule has 0 fully saturated rings. The van der Waals surface area contributed by atoms with Gasteiger partial charge in [-0.25, -0.2) is 0 Å². The number of carbonyl (C=O) groups excluding carboxylic acids is 1. The fourth-order valence-corrected chi connectivity index (χ4v) is 1.08. The first kappa shape index (κ1) is 9.98. The summed E-state index contributed by atoms with van der Waals surface area (Å²) in [5.41, 5.74) is 0. The minimum Gasteiger partial charge on any atom is -0.469 e. The lowest BCUT2D eigenvalue weighted by molar-refractivity contribution is -0.165. The molecule has 0 saturated heterocycles. The molecule has 13 heavy (non-hydrogen) atoms. The normalized spacial score (nSPS) is 26.6. The molecule has 1 aliphatic rings. The van der Waals surface area contributed by atoms with Gasteiger partial charge in [0.05, 0.1) is 13.3 Å². The number of hydrogen-bond donors (Lipinski definition) is 0. The van der Waals surface area contributed by atoms with Gasteiger partial charge in [0.1, 0.15) is 5.92 Å². The molecule has 1 rings (SSSR count). The molecule has 0 bridgehead atoms. The topological polar surface area (TPSA) is 57.1 Å². The number of esters is 1. The Bertz CT molecular complexity index is 204. The predicted octanol–water partition coefficient (Wildman–Crippen LogP) is 0.544. The maximum absolute atomic E-state index is 11.1. The number of nitrogens with zero attached hydrogens (tertiary/aromatic N) is 1. The Labute approximate surface area is 76.6 Å². The summed E-state index contributed by atoms with van der Waals surface area (Å²) in [7, 11) is 1.35. The Kier molecular flexibility index (Phi) is 3.70. The quantitative estimate of drug-likeness (QED) is 0.605. The molecule has 74 valence electrons. The molecule has 0 aromatic carbocycles. The van der Waals surface area contributed by atoms with Crippen LogP contribution in [0.1, 0.15) is 13.3 Å². The zero-order valence-electron chi connectivity index (χ0n) is 7.73. The van der Waals surface area contributed by atoms with Crippen LogP contribution in [0.15, 0.2) is 5.16 Å². The smallest absolute Gasteiger partial charge is 0.314 e. The molecule has 5 nitrogen and oxygen atoms in total. The lowest BCUT2D eigenvalue weighted by Gasteiger charge is -2.21. The highest BCUT2D eigenvalue weighted by Crippen LogP contribution is 2.15. The first-order chi connectivity index (χ1) is 6.27. The van der Waals surface area contributed by atoms with E-state index in [0.29, 0.717) is 13.0 Å². The molecule has 2 atom stereocenters. The van der Waals surface area contributed by atoms with Crippen LogP contribution in [0.25, 0.3) is 0 Å². The van der Waals surface area contributed by atoms with E-state index in [4.69, 9.17) is 9.57 Å². The molecule has 0 saturated carbocycles. The highest BCUT2D eigenvalue weighted by atomic mass is 16.8. The van der Waals surface area contributed by atoms with Crippen LogP contribution in [0.4, 0.5) is 0 Å². The average Bonchev–Trinajstić information content (AvgIpc) is 2.18. The standard InChI is InChI=1S/C8H13NO4/c1-3-12-7-4-6(5-9-13-7)8(10)11-2/h5-7H,3-4H2,1-2H3/t6-,7+/m0/s1. The fourth-order valence-electron chi connectivity index (χ4n) is 1.08. The van der Waals surface area contributed by atoms with E-state index in [1.165, 1.54) is 13.3 Å². The van der Waals surface area contributed by atoms with Gasteiger partial charge in [-0.15, -0.1) is 0 Å². The number of hydrogen-bond acceptors (Lipinski definition) is 5. The number of oxime groups is 1. The minimum atomic E-state index is -0.431. The molecule has 0 aromatic heterocycles. The van der Waals surface area contributed by atoms with Crippen molar-refractivity contribution in [3.05, 3.63) is 0 Å². The van der Waals surface area contributed by atoms with Gasteiger partial charge in [-0.3, -0.25) is 4.79 Å². The summed E-state index contributed by atoms with van der Waals surface area (Å²) in [6, 6.07) is 0. The third-order valence-electron chi connectivity index (χ3n) is 1.72. The first-order valence-corrected chi connectivity index (χ1v) is 4.16. The van der Waals surface area contributed by atoms with E-state index >= 15 is 0 Å². The SMILES string of the molecule is CCO[C@H]1C[C@H](C(=O)OC)C=NO1. The van der Waals surface area contributed by atoms with E-state index in [-0.39, 0.29) is 11.9 Å². The molecule has 1 aliphatic heterocycles. The van der Waals surface area contributed by atoms with Crippen LogP contribution in [0.5, 0.6) is 0 Å². The molecule has 0 spiro atoms. The van der Waals surface area contributed by atoms with Crippen molar-refractivity contribution in [1.29, 1.82) is 0 Å². The lowest BCUT2D eigenvalue weighted by atomic mass is 10.1. The molecule has 0 radical (unpaired) electrons. The van der Waals surface area contributed by atoms with Gasteiger partial charge in [0, 0.05) is 13.0 Å². The molecule has 1 heterocycles. The van der Waals surface area contributed by atoms with Crippen molar-refractivity contribution in [2.45, 2.75) is 19.6 Å². The summed E-state index contributed by atoms with van der Waals surface area (Å²) < 4.78 is 9.74. The summed E-state index contributed by atoms with van der Waals surface area (Å²) in [6.07, 6.45) is 1.46. The van der Waals surface area contributed by atoms with E-state index in [1.807, 2.05) is 6.92 Å². The van der Waals surface area contributed by atoms with Crippen molar-refractivity contribution >= 4 is 12.2 Å². The third kappa shape index (κ3) is 2.69. The molecular weight excluding hydrogens is 174 g/mol. The second-order valence-electron chi connectivity index (χ2n) is 2.61. The summed E-state index contributed by atoms with van der Waals surface area (Å²) in [5.74, 6) is -0.660. The monoisotopic (exact) mass is 187 g/mol. The Morgan fingerprint density at radius 3 is 3.15 bits per heavy atom. The average molecular weight is 187 g/mol. The fraction of sp³-hybridized carbons (Fsp3) is 0.750. The lowest BCUT2D eigenvalue weighted by Crippen LogP contribution is -2.29.